The van der Waals surface area contributed by atoms with E-state index in [-0.39, 0.29) is 34.6 Å². The van der Waals surface area contributed by atoms with Crippen LogP contribution < -0.4 is 14.5 Å². The highest BCUT2D eigenvalue weighted by molar-refractivity contribution is 7.90. The Morgan fingerprint density at radius 3 is 2.50 bits per heavy atom. The van der Waals surface area contributed by atoms with Crippen molar-refractivity contribution in [1.29, 1.82) is 0 Å². The van der Waals surface area contributed by atoms with Gasteiger partial charge in [-0.3, -0.25) is 23.5 Å². The molecule has 1 N–H and O–H groups in total. The third-order valence-corrected chi connectivity index (χ3v) is 8.61. The van der Waals surface area contributed by atoms with Crippen LogP contribution in [0.3, 0.4) is 0 Å². The molecular formula is C22H29N4O7S3-. The quantitative estimate of drug-likeness (QED) is 0.327. The number of nitrogens with one attached hydrogen (secondary N) is 1. The van der Waals surface area contributed by atoms with Gasteiger partial charge in [0.05, 0.1) is 24.1 Å². The molecule has 1 unspecified atom stereocenters. The van der Waals surface area contributed by atoms with E-state index >= 15 is 0 Å². The molecule has 0 bridgehead atoms. The summed E-state index contributed by atoms with van der Waals surface area (Å²) in [5.41, 5.74) is 0.542. The van der Waals surface area contributed by atoms with Crippen molar-refractivity contribution < 1.29 is 31.5 Å². The number of aromatic nitrogens is 1. The normalized spacial score (nSPS) is 14.9. The van der Waals surface area contributed by atoms with Crippen molar-refractivity contribution in [3.63, 3.8) is 0 Å². The summed E-state index contributed by atoms with van der Waals surface area (Å²) in [7, 11) is -3.37. The predicted octanol–water partition coefficient (Wildman–Crippen LogP) is 3.33. The van der Waals surface area contributed by atoms with Crippen LogP contribution in [0.5, 0.6) is 0 Å². The summed E-state index contributed by atoms with van der Waals surface area (Å²) in [5, 5.41) is 3.14. The van der Waals surface area contributed by atoms with Gasteiger partial charge in [0, 0.05) is 36.3 Å². The summed E-state index contributed by atoms with van der Waals surface area (Å²) in [6.07, 6.45) is 6.49. The first kappa shape index (κ1) is 28.0. The molecule has 11 nitrogen and oxygen atoms in total. The molecule has 1 aliphatic rings. The van der Waals surface area contributed by atoms with Gasteiger partial charge in [0.1, 0.15) is 5.00 Å². The average molecular weight is 558 g/mol. The molecule has 1 heterocycles. The fourth-order valence-electron chi connectivity index (χ4n) is 3.91. The molecule has 2 aromatic rings. The molecular weight excluding hydrogens is 528 g/mol. The van der Waals surface area contributed by atoms with E-state index in [1.807, 2.05) is 0 Å². The Morgan fingerprint density at radius 2 is 1.92 bits per heavy atom. The van der Waals surface area contributed by atoms with E-state index in [4.69, 9.17) is 4.74 Å². The van der Waals surface area contributed by atoms with Crippen LogP contribution in [0.2, 0.25) is 0 Å². The number of esters is 1. The molecule has 0 saturated heterocycles. The number of nitrogens with zero attached hydrogens (tertiary/aromatic N) is 3. The van der Waals surface area contributed by atoms with Crippen molar-refractivity contribution in [2.24, 2.45) is 5.92 Å². The second-order valence-corrected chi connectivity index (χ2v) is 12.2. The summed E-state index contributed by atoms with van der Waals surface area (Å²) in [5.74, 6) is -0.200. The third-order valence-electron chi connectivity index (χ3n) is 5.69. The number of carbonyl (C=O) groups is 2. The minimum absolute atomic E-state index is 0.120. The Balaban J connectivity index is 1.75. The Hall–Kier alpha value is -2.55. The van der Waals surface area contributed by atoms with Crippen LogP contribution in [0.1, 0.15) is 39.0 Å². The van der Waals surface area contributed by atoms with Gasteiger partial charge in [0.25, 0.3) is 0 Å². The molecule has 36 heavy (non-hydrogen) atoms. The molecule has 2 amide bonds. The van der Waals surface area contributed by atoms with Gasteiger partial charge in [-0.05, 0) is 49.9 Å². The maximum Gasteiger partial charge on any atom is 0.328 e. The maximum absolute atomic E-state index is 13.2. The first-order valence-corrected chi connectivity index (χ1v) is 15.2. The summed E-state index contributed by atoms with van der Waals surface area (Å²) in [6.45, 7) is 2.20. The van der Waals surface area contributed by atoms with E-state index in [2.05, 4.69) is 10.3 Å². The van der Waals surface area contributed by atoms with Gasteiger partial charge in [-0.2, -0.15) is 0 Å². The lowest BCUT2D eigenvalue weighted by molar-refractivity contribution is -0.142. The zero-order valence-electron chi connectivity index (χ0n) is 20.0. The van der Waals surface area contributed by atoms with Crippen LogP contribution in [0.4, 0.5) is 20.6 Å². The van der Waals surface area contributed by atoms with Gasteiger partial charge in [-0.25, -0.2) is 18.2 Å². The lowest BCUT2D eigenvalue weighted by Gasteiger charge is -2.26. The molecule has 198 valence electrons. The van der Waals surface area contributed by atoms with Crippen LogP contribution in [-0.2, 0) is 30.6 Å². The molecule has 3 rings (SSSR count). The van der Waals surface area contributed by atoms with Crippen molar-refractivity contribution in [3.8, 4) is 0 Å². The van der Waals surface area contributed by atoms with E-state index in [0.717, 1.165) is 47.6 Å². The van der Waals surface area contributed by atoms with Crippen molar-refractivity contribution in [3.05, 3.63) is 30.5 Å². The number of hydrogen-bond acceptors (Lipinski definition) is 9. The number of carbonyl (C=O) groups excluding carboxylic acids is 2. The molecule has 0 spiro atoms. The minimum atomic E-state index is -3.37. The van der Waals surface area contributed by atoms with Crippen molar-refractivity contribution in [1.82, 2.24) is 4.98 Å². The Kier molecular flexibility index (Phi) is 9.82. The van der Waals surface area contributed by atoms with Gasteiger partial charge in [-0.15, -0.1) is 0 Å². The summed E-state index contributed by atoms with van der Waals surface area (Å²) in [6, 6.07) is 5.65. The topological polar surface area (TPSA) is 149 Å². The molecule has 0 radical (unpaired) electrons. The van der Waals surface area contributed by atoms with Gasteiger partial charge >= 0.3 is 12.0 Å². The zero-order chi connectivity index (χ0) is 26.3. The second-order valence-electron chi connectivity index (χ2n) is 8.34. The summed E-state index contributed by atoms with van der Waals surface area (Å²) >= 11 is -1.70. The average Bonchev–Trinajstić information content (AvgIpc) is 3.49. The van der Waals surface area contributed by atoms with Crippen molar-refractivity contribution >= 4 is 60.3 Å². The zero-order valence-corrected chi connectivity index (χ0v) is 22.5. The summed E-state index contributed by atoms with van der Waals surface area (Å²) < 4.78 is 52.8. The van der Waals surface area contributed by atoms with Gasteiger partial charge in [0.15, 0.2) is 15.0 Å². The largest absolute Gasteiger partial charge is 0.755 e. The molecule has 1 saturated carbocycles. The predicted molar refractivity (Wildman–Crippen MR) is 138 cm³/mol. The number of benzene rings is 1. The Labute approximate surface area is 217 Å². The summed E-state index contributed by atoms with van der Waals surface area (Å²) in [4.78, 5) is 30.7. The molecule has 0 aliphatic heterocycles. The highest BCUT2D eigenvalue weighted by atomic mass is 32.2. The van der Waals surface area contributed by atoms with Gasteiger partial charge in [-0.1, -0.05) is 24.2 Å². The number of rotatable bonds is 11. The van der Waals surface area contributed by atoms with E-state index in [9.17, 15) is 26.8 Å². The number of thiazole rings is 1. The van der Waals surface area contributed by atoms with Crippen molar-refractivity contribution in [2.75, 3.05) is 40.5 Å². The molecule has 1 atom stereocenters. The highest BCUT2D eigenvalue weighted by Crippen LogP contribution is 2.31. The standard InChI is InChI=1S/C22H30N4O7S3/c1-3-33-20(27)12-13-26(35(29)30)19-14-23-21(34-19)24-22(28)25(15-16-6-4-5-7-16)17-8-10-18(11-9-17)36(2,31)32/h8-11,14,16H,3-7,12-13,15H2,1-2H3,(H,29,30)(H,23,24,28)/p-1. The number of amides is 2. The fraction of sp³-hybridized carbons (Fsp3) is 0.500. The maximum atomic E-state index is 13.2. The first-order valence-electron chi connectivity index (χ1n) is 11.5. The molecule has 1 fully saturated rings. The Bertz CT molecular complexity index is 1180. The molecule has 1 aromatic heterocycles. The number of anilines is 3. The smallest absolute Gasteiger partial charge is 0.328 e. The Morgan fingerprint density at radius 1 is 1.25 bits per heavy atom. The van der Waals surface area contributed by atoms with Gasteiger partial charge in [0.2, 0.25) is 0 Å². The van der Waals surface area contributed by atoms with E-state index < -0.39 is 33.1 Å². The fourth-order valence-corrected chi connectivity index (χ4v) is 6.01. The van der Waals surface area contributed by atoms with E-state index in [0.29, 0.717) is 18.2 Å². The highest BCUT2D eigenvalue weighted by Gasteiger charge is 2.25. The van der Waals surface area contributed by atoms with Crippen LogP contribution in [0.25, 0.3) is 0 Å². The number of ether oxygens (including phenoxy) is 1. The monoisotopic (exact) mass is 557 g/mol. The lowest BCUT2D eigenvalue weighted by atomic mass is 10.1. The molecule has 1 aliphatic carbocycles. The third kappa shape index (κ3) is 7.72. The molecule has 1 aromatic carbocycles. The van der Waals surface area contributed by atoms with Crippen LogP contribution in [-0.4, -0.2) is 60.1 Å². The van der Waals surface area contributed by atoms with Crippen LogP contribution >= 0.6 is 11.3 Å². The van der Waals surface area contributed by atoms with Crippen LogP contribution in [0, 0.1) is 5.92 Å². The second kappa shape index (κ2) is 12.6. The van der Waals surface area contributed by atoms with E-state index in [1.54, 1.807) is 24.0 Å². The van der Waals surface area contributed by atoms with Crippen molar-refractivity contribution in [2.45, 2.75) is 43.9 Å². The SMILES string of the molecule is CCOC(=O)CCN(c1cnc(NC(=O)N(CC2CCCC2)c2ccc(S(C)(=O)=O)cc2)s1)S(=O)[O-]. The number of sulfone groups is 1. The van der Waals surface area contributed by atoms with Crippen LogP contribution in [0.15, 0.2) is 35.4 Å². The van der Waals surface area contributed by atoms with Gasteiger partial charge < -0.3 is 9.29 Å². The first-order chi connectivity index (χ1) is 17.1. The molecule has 14 heteroatoms. The number of urea groups is 1. The van der Waals surface area contributed by atoms with E-state index in [1.165, 1.54) is 18.3 Å². The minimum Gasteiger partial charge on any atom is -0.755 e. The number of hydrogen-bond donors (Lipinski definition) is 1. The lowest BCUT2D eigenvalue weighted by Crippen LogP contribution is -2.38.